The highest BCUT2D eigenvalue weighted by atomic mass is 32.2. The molecule has 2 rings (SSSR count). The molecule has 0 N–H and O–H groups in total. The molecule has 0 aliphatic carbocycles. The molecule has 20 heavy (non-hydrogen) atoms. The van der Waals surface area contributed by atoms with Crippen molar-refractivity contribution < 1.29 is 18.6 Å². The molecule has 0 aliphatic rings. The fraction of sp³-hybridized carbons (Fsp3) is 0.0714. The summed E-state index contributed by atoms with van der Waals surface area (Å²) >= 11 is 0. The van der Waals surface area contributed by atoms with E-state index in [4.69, 9.17) is 0 Å². The first-order valence-electron chi connectivity index (χ1n) is 5.78. The lowest BCUT2D eigenvalue weighted by Crippen LogP contribution is -2.33. The average Bonchev–Trinajstić information content (AvgIpc) is 2.39. The molecule has 0 amide bonds. The second kappa shape index (κ2) is 5.75. The lowest BCUT2D eigenvalue weighted by molar-refractivity contribution is -0.383. The third-order valence-electron chi connectivity index (χ3n) is 2.70. The van der Waals surface area contributed by atoms with E-state index in [2.05, 4.69) is 4.40 Å². The Kier molecular flexibility index (Phi) is 4.05. The predicted octanol–water partition coefficient (Wildman–Crippen LogP) is 0.182. The SMILES string of the molecule is O=S(=O)(N=C([O-])[O-])C(c1ccccc1)c1ccccc1. The van der Waals surface area contributed by atoms with E-state index in [9.17, 15) is 18.6 Å². The van der Waals surface area contributed by atoms with E-state index in [0.717, 1.165) is 0 Å². The molecule has 5 nitrogen and oxygen atoms in total. The fourth-order valence-electron chi connectivity index (χ4n) is 1.95. The minimum absolute atomic E-state index is 0.448. The summed E-state index contributed by atoms with van der Waals surface area (Å²) in [6.07, 6.45) is -1.97. The van der Waals surface area contributed by atoms with Crippen LogP contribution in [0, 0.1) is 0 Å². The van der Waals surface area contributed by atoms with Gasteiger partial charge in [0.15, 0.2) is 0 Å². The summed E-state index contributed by atoms with van der Waals surface area (Å²) in [6, 6.07) is 16.7. The number of sulfonamides is 1. The Labute approximate surface area is 116 Å². The maximum atomic E-state index is 12.2. The largest absolute Gasteiger partial charge is 0.869 e. The number of hydrogen-bond donors (Lipinski definition) is 0. The van der Waals surface area contributed by atoms with E-state index < -0.39 is 21.4 Å². The van der Waals surface area contributed by atoms with Crippen molar-refractivity contribution in [1.82, 2.24) is 0 Å². The summed E-state index contributed by atoms with van der Waals surface area (Å²) in [5, 5.41) is 19.9. The fourth-order valence-corrected chi connectivity index (χ4v) is 3.26. The molecule has 0 atom stereocenters. The summed E-state index contributed by atoms with van der Waals surface area (Å²) in [5.74, 6) is 0. The summed E-state index contributed by atoms with van der Waals surface area (Å²) in [7, 11) is -4.26. The minimum Gasteiger partial charge on any atom is -0.869 e. The molecule has 104 valence electrons. The number of hydrogen-bond acceptors (Lipinski definition) is 4. The molecule has 2 aromatic carbocycles. The monoisotopic (exact) mass is 289 g/mol. The van der Waals surface area contributed by atoms with Gasteiger partial charge in [-0.15, -0.1) is 0 Å². The van der Waals surface area contributed by atoms with E-state index in [0.29, 0.717) is 11.1 Å². The first-order valence-corrected chi connectivity index (χ1v) is 7.29. The lowest BCUT2D eigenvalue weighted by atomic mass is 10.0. The second-order valence-electron chi connectivity index (χ2n) is 4.07. The Morgan fingerprint density at radius 3 is 1.60 bits per heavy atom. The van der Waals surface area contributed by atoms with Crippen LogP contribution in [0.2, 0.25) is 0 Å². The van der Waals surface area contributed by atoms with Crippen molar-refractivity contribution in [2.75, 3.05) is 0 Å². The molecule has 0 aliphatic heterocycles. The maximum absolute atomic E-state index is 12.2. The van der Waals surface area contributed by atoms with Crippen molar-refractivity contribution in [1.29, 1.82) is 0 Å². The van der Waals surface area contributed by atoms with Gasteiger partial charge < -0.3 is 10.2 Å². The lowest BCUT2D eigenvalue weighted by Gasteiger charge is -2.20. The minimum atomic E-state index is -4.26. The van der Waals surface area contributed by atoms with Gasteiger partial charge >= 0.3 is 0 Å². The van der Waals surface area contributed by atoms with Crippen molar-refractivity contribution in [3.63, 3.8) is 0 Å². The Hall–Kier alpha value is -2.34. The second-order valence-corrected chi connectivity index (χ2v) is 5.76. The molecule has 0 saturated heterocycles. The van der Waals surface area contributed by atoms with Crippen LogP contribution in [-0.2, 0) is 10.0 Å². The van der Waals surface area contributed by atoms with Gasteiger partial charge in [-0.1, -0.05) is 66.7 Å². The van der Waals surface area contributed by atoms with Gasteiger partial charge in [0.2, 0.25) is 0 Å². The molecule has 2 aromatic rings. The van der Waals surface area contributed by atoms with Crippen LogP contribution in [0.1, 0.15) is 16.4 Å². The third-order valence-corrected chi connectivity index (χ3v) is 4.25. The molecule has 0 spiro atoms. The normalized spacial score (nSPS) is 11.2. The van der Waals surface area contributed by atoms with Gasteiger partial charge in [-0.2, -0.15) is 4.40 Å². The zero-order valence-corrected chi connectivity index (χ0v) is 11.2. The van der Waals surface area contributed by atoms with Crippen molar-refractivity contribution in [3.05, 3.63) is 71.8 Å². The Morgan fingerprint density at radius 2 is 1.25 bits per heavy atom. The van der Waals surface area contributed by atoms with Crippen LogP contribution >= 0.6 is 0 Å². The van der Waals surface area contributed by atoms with Crippen LogP contribution in [0.4, 0.5) is 0 Å². The molecule has 0 heterocycles. The van der Waals surface area contributed by atoms with Crippen LogP contribution in [-0.4, -0.2) is 14.5 Å². The molecule has 0 unspecified atom stereocenters. The first-order chi connectivity index (χ1) is 9.50. The van der Waals surface area contributed by atoms with E-state index >= 15 is 0 Å². The zero-order valence-electron chi connectivity index (χ0n) is 10.3. The molecule has 0 aromatic heterocycles. The van der Waals surface area contributed by atoms with Crippen LogP contribution in [0.3, 0.4) is 0 Å². The zero-order chi connectivity index (χ0) is 14.6. The number of nitrogens with zero attached hydrogens (tertiary/aromatic N) is 1. The number of benzene rings is 2. The van der Waals surface area contributed by atoms with Crippen LogP contribution in [0.15, 0.2) is 65.1 Å². The summed E-state index contributed by atoms with van der Waals surface area (Å²) in [6.45, 7) is 0. The van der Waals surface area contributed by atoms with Gasteiger partial charge in [0, 0.05) is 0 Å². The summed E-state index contributed by atoms with van der Waals surface area (Å²) in [5.41, 5.74) is 0.896. The molecule has 0 radical (unpaired) electrons. The Bertz CT molecular complexity index is 653. The summed E-state index contributed by atoms with van der Waals surface area (Å²) in [4.78, 5) is 0. The van der Waals surface area contributed by atoms with Gasteiger partial charge in [0.1, 0.15) is 5.25 Å². The average molecular weight is 289 g/mol. The third kappa shape index (κ3) is 3.16. The van der Waals surface area contributed by atoms with E-state index in [1.165, 1.54) is 0 Å². The molecule has 0 saturated carbocycles. The van der Waals surface area contributed by atoms with Gasteiger partial charge in [0.25, 0.3) is 10.0 Å². The molecule has 0 fully saturated rings. The maximum Gasteiger partial charge on any atom is 0.262 e. The highest BCUT2D eigenvalue weighted by Gasteiger charge is 2.27. The molecule has 6 heteroatoms. The predicted molar refractivity (Wildman–Crippen MR) is 71.1 cm³/mol. The van der Waals surface area contributed by atoms with E-state index in [-0.39, 0.29) is 0 Å². The van der Waals surface area contributed by atoms with Crippen LogP contribution < -0.4 is 10.2 Å². The Balaban J connectivity index is 2.60. The molecular weight excluding hydrogens is 278 g/mol. The standard InChI is InChI=1S/C14H13NO4S/c16-14(17)15-20(18,19)13(11-7-3-1-4-8-11)12-9-5-2-6-10-12/h1-10,13H,(H2,15,16,17)/p-2. The van der Waals surface area contributed by atoms with Crippen molar-refractivity contribution in [2.45, 2.75) is 5.25 Å². The highest BCUT2D eigenvalue weighted by Crippen LogP contribution is 2.31. The van der Waals surface area contributed by atoms with Gasteiger partial charge in [-0.05, 0) is 11.1 Å². The van der Waals surface area contributed by atoms with Gasteiger partial charge in [-0.25, -0.2) is 8.42 Å². The topological polar surface area (TPSA) is 92.6 Å². The summed E-state index contributed by atoms with van der Waals surface area (Å²) < 4.78 is 27.0. The molecule has 0 bridgehead atoms. The molecular formula is C14H11NO4S-2. The van der Waals surface area contributed by atoms with Gasteiger partial charge in [-0.3, -0.25) is 0 Å². The quantitative estimate of drug-likeness (QED) is 0.593. The van der Waals surface area contributed by atoms with Crippen LogP contribution in [0.25, 0.3) is 0 Å². The van der Waals surface area contributed by atoms with Crippen LogP contribution in [0.5, 0.6) is 0 Å². The smallest absolute Gasteiger partial charge is 0.262 e. The van der Waals surface area contributed by atoms with Crippen molar-refractivity contribution in [2.24, 2.45) is 4.40 Å². The van der Waals surface area contributed by atoms with Crippen molar-refractivity contribution >= 4 is 16.1 Å². The highest BCUT2D eigenvalue weighted by molar-refractivity contribution is 7.90. The van der Waals surface area contributed by atoms with E-state index in [1.807, 2.05) is 0 Å². The van der Waals surface area contributed by atoms with Gasteiger partial charge in [0.05, 0.1) is 0 Å². The number of rotatable bonds is 4. The van der Waals surface area contributed by atoms with E-state index in [1.54, 1.807) is 60.7 Å². The first kappa shape index (κ1) is 14.1. The Morgan fingerprint density at radius 1 is 0.850 bits per heavy atom. The van der Waals surface area contributed by atoms with Crippen molar-refractivity contribution in [3.8, 4) is 0 Å².